The van der Waals surface area contributed by atoms with Crippen molar-refractivity contribution < 1.29 is 14.6 Å². The number of nitrogens with two attached hydrogens (primary N) is 1. The van der Waals surface area contributed by atoms with Gasteiger partial charge in [0.1, 0.15) is 17.4 Å². The van der Waals surface area contributed by atoms with Gasteiger partial charge >= 0.3 is 5.97 Å². The third-order valence-corrected chi connectivity index (χ3v) is 3.42. The molecule has 7 nitrogen and oxygen atoms in total. The highest BCUT2D eigenvalue weighted by molar-refractivity contribution is 9.10. The van der Waals surface area contributed by atoms with Crippen molar-refractivity contribution in [1.82, 2.24) is 9.97 Å². The number of carbonyl (C=O) groups is 1. The lowest BCUT2D eigenvalue weighted by atomic mass is 10.1. The van der Waals surface area contributed by atoms with Crippen molar-refractivity contribution >= 4 is 27.7 Å². The quantitative estimate of drug-likeness (QED) is 0.764. The van der Waals surface area contributed by atoms with Gasteiger partial charge in [-0.3, -0.25) is 9.59 Å². The molecule has 0 unspecified atom stereocenters. The number of ether oxygens (including phenoxy) is 1. The highest BCUT2D eigenvalue weighted by Crippen LogP contribution is 2.29. The van der Waals surface area contributed by atoms with Gasteiger partial charge in [0.25, 0.3) is 5.56 Å². The molecular formula is C13H12BrN3O4. The first-order valence-electron chi connectivity index (χ1n) is 5.86. The van der Waals surface area contributed by atoms with E-state index in [1.165, 1.54) is 0 Å². The molecule has 0 aliphatic heterocycles. The lowest BCUT2D eigenvalue weighted by Gasteiger charge is -2.08. The van der Waals surface area contributed by atoms with Crippen LogP contribution in [0.2, 0.25) is 0 Å². The monoisotopic (exact) mass is 353 g/mol. The smallest absolute Gasteiger partial charge is 0.308 e. The van der Waals surface area contributed by atoms with Crippen LogP contribution in [0.15, 0.2) is 27.5 Å². The summed E-state index contributed by atoms with van der Waals surface area (Å²) in [4.78, 5) is 29.2. The average molecular weight is 354 g/mol. The third kappa shape index (κ3) is 3.22. The largest absolute Gasteiger partial charge is 0.496 e. The first-order valence-corrected chi connectivity index (χ1v) is 6.66. The van der Waals surface area contributed by atoms with Crippen LogP contribution in [0.5, 0.6) is 5.75 Å². The molecule has 0 aliphatic rings. The number of rotatable bonds is 4. The number of hydrogen-bond donors (Lipinski definition) is 3. The van der Waals surface area contributed by atoms with E-state index in [2.05, 4.69) is 25.9 Å². The number of aliphatic carboxylic acids is 1. The topological polar surface area (TPSA) is 118 Å². The number of H-pyrrole nitrogens is 1. The number of benzene rings is 1. The van der Waals surface area contributed by atoms with Crippen LogP contribution in [-0.4, -0.2) is 28.2 Å². The Bertz CT molecular complexity index is 758. The number of anilines is 1. The number of halogens is 1. The maximum atomic E-state index is 11.9. The molecule has 2 aromatic rings. The van der Waals surface area contributed by atoms with E-state index in [-0.39, 0.29) is 17.2 Å². The molecule has 8 heteroatoms. The summed E-state index contributed by atoms with van der Waals surface area (Å²) in [5.41, 5.74) is 5.67. The summed E-state index contributed by atoms with van der Waals surface area (Å²) in [5.74, 6) is -0.344. The molecule has 0 spiro atoms. The van der Waals surface area contributed by atoms with Crippen LogP contribution in [0, 0.1) is 0 Å². The minimum absolute atomic E-state index is 0.0566. The SMILES string of the molecule is COc1ccc(-c2nc(N)c(CC(=O)O)c(=O)[nH]2)cc1Br. The van der Waals surface area contributed by atoms with E-state index in [4.69, 9.17) is 15.6 Å². The number of nitrogens with one attached hydrogen (secondary N) is 1. The Morgan fingerprint density at radius 2 is 2.24 bits per heavy atom. The Kier molecular flexibility index (Phi) is 4.27. The highest BCUT2D eigenvalue weighted by atomic mass is 79.9. The number of nitrogen functional groups attached to an aromatic ring is 1. The van der Waals surface area contributed by atoms with Crippen LogP contribution in [0.3, 0.4) is 0 Å². The van der Waals surface area contributed by atoms with Crippen molar-refractivity contribution in [2.24, 2.45) is 0 Å². The van der Waals surface area contributed by atoms with E-state index in [1.54, 1.807) is 25.3 Å². The van der Waals surface area contributed by atoms with Gasteiger partial charge < -0.3 is 20.6 Å². The van der Waals surface area contributed by atoms with Gasteiger partial charge in [-0.2, -0.15) is 0 Å². The molecule has 110 valence electrons. The Hall–Kier alpha value is -2.35. The minimum atomic E-state index is -1.14. The zero-order chi connectivity index (χ0) is 15.6. The third-order valence-electron chi connectivity index (χ3n) is 2.80. The van der Waals surface area contributed by atoms with E-state index < -0.39 is 17.9 Å². The summed E-state index contributed by atoms with van der Waals surface area (Å²) in [6.45, 7) is 0. The maximum absolute atomic E-state index is 11.9. The molecule has 21 heavy (non-hydrogen) atoms. The van der Waals surface area contributed by atoms with E-state index in [0.717, 1.165) is 0 Å². The summed E-state index contributed by atoms with van der Waals surface area (Å²) in [5, 5.41) is 8.74. The van der Waals surface area contributed by atoms with Gasteiger partial charge in [0.05, 0.1) is 23.6 Å². The van der Waals surface area contributed by atoms with E-state index in [9.17, 15) is 9.59 Å². The van der Waals surface area contributed by atoms with Crippen LogP contribution in [-0.2, 0) is 11.2 Å². The predicted molar refractivity (Wildman–Crippen MR) is 80.3 cm³/mol. The molecular weight excluding hydrogens is 342 g/mol. The fourth-order valence-electron chi connectivity index (χ4n) is 1.79. The number of hydrogen-bond acceptors (Lipinski definition) is 5. The molecule has 0 fully saturated rings. The summed E-state index contributed by atoms with van der Waals surface area (Å²) in [6.07, 6.45) is -0.471. The van der Waals surface area contributed by atoms with Crippen LogP contribution >= 0.6 is 15.9 Å². The highest BCUT2D eigenvalue weighted by Gasteiger charge is 2.14. The molecule has 1 aromatic carbocycles. The molecule has 0 aliphatic carbocycles. The molecule has 1 aromatic heterocycles. The predicted octanol–water partition coefficient (Wildman–Crippen LogP) is 1.42. The molecule has 0 saturated heterocycles. The van der Waals surface area contributed by atoms with Crippen molar-refractivity contribution in [1.29, 1.82) is 0 Å². The van der Waals surface area contributed by atoms with E-state index >= 15 is 0 Å². The summed E-state index contributed by atoms with van der Waals surface area (Å²) < 4.78 is 5.81. The van der Waals surface area contributed by atoms with Crippen LogP contribution in [0.4, 0.5) is 5.82 Å². The Morgan fingerprint density at radius 3 is 2.76 bits per heavy atom. The van der Waals surface area contributed by atoms with Gasteiger partial charge in [0, 0.05) is 5.56 Å². The molecule has 0 radical (unpaired) electrons. The van der Waals surface area contributed by atoms with Crippen molar-refractivity contribution in [3.63, 3.8) is 0 Å². The van der Waals surface area contributed by atoms with Gasteiger partial charge in [-0.15, -0.1) is 0 Å². The minimum Gasteiger partial charge on any atom is -0.496 e. The Balaban J connectivity index is 2.49. The summed E-state index contributed by atoms with van der Waals surface area (Å²) in [6, 6.07) is 5.13. The van der Waals surface area contributed by atoms with Gasteiger partial charge in [-0.05, 0) is 34.1 Å². The Labute approximate surface area is 127 Å². The molecule has 2 rings (SSSR count). The van der Waals surface area contributed by atoms with Gasteiger partial charge in [-0.1, -0.05) is 0 Å². The second-order valence-electron chi connectivity index (χ2n) is 4.20. The van der Waals surface area contributed by atoms with Crippen LogP contribution in [0.1, 0.15) is 5.56 Å². The normalized spacial score (nSPS) is 10.4. The summed E-state index contributed by atoms with van der Waals surface area (Å²) in [7, 11) is 1.54. The fraction of sp³-hybridized carbons (Fsp3) is 0.154. The standard InChI is InChI=1S/C13H12BrN3O4/c1-21-9-3-2-6(4-8(9)14)12-16-11(15)7(5-10(18)19)13(20)17-12/h2-4H,5H2,1H3,(H,18,19)(H3,15,16,17,20). The van der Waals surface area contributed by atoms with Crippen LogP contribution in [0.25, 0.3) is 11.4 Å². The molecule has 0 saturated carbocycles. The molecule has 0 atom stereocenters. The fourth-order valence-corrected chi connectivity index (χ4v) is 2.33. The number of carboxylic acid groups (broad SMARTS) is 1. The van der Waals surface area contributed by atoms with Gasteiger partial charge in [0.2, 0.25) is 0 Å². The number of nitrogens with zero attached hydrogens (tertiary/aromatic N) is 1. The molecule has 4 N–H and O–H groups in total. The maximum Gasteiger partial charge on any atom is 0.308 e. The lowest BCUT2D eigenvalue weighted by Crippen LogP contribution is -2.21. The number of aromatic nitrogens is 2. The molecule has 0 bridgehead atoms. The van der Waals surface area contributed by atoms with E-state index in [0.29, 0.717) is 15.8 Å². The first-order chi connectivity index (χ1) is 9.92. The van der Waals surface area contributed by atoms with Crippen LogP contribution < -0.4 is 16.0 Å². The van der Waals surface area contributed by atoms with Crippen molar-refractivity contribution in [3.8, 4) is 17.1 Å². The summed E-state index contributed by atoms with van der Waals surface area (Å²) >= 11 is 3.34. The van der Waals surface area contributed by atoms with Gasteiger partial charge in [0.15, 0.2) is 0 Å². The molecule has 0 amide bonds. The second kappa shape index (κ2) is 5.96. The zero-order valence-corrected chi connectivity index (χ0v) is 12.6. The number of aromatic amines is 1. The average Bonchev–Trinajstić information content (AvgIpc) is 2.42. The second-order valence-corrected chi connectivity index (χ2v) is 5.05. The van der Waals surface area contributed by atoms with Gasteiger partial charge in [-0.25, -0.2) is 4.98 Å². The number of carboxylic acids is 1. The van der Waals surface area contributed by atoms with Crippen molar-refractivity contribution in [2.75, 3.05) is 12.8 Å². The van der Waals surface area contributed by atoms with Crippen molar-refractivity contribution in [2.45, 2.75) is 6.42 Å². The Morgan fingerprint density at radius 1 is 1.52 bits per heavy atom. The first kappa shape index (κ1) is 15.0. The van der Waals surface area contributed by atoms with Crippen molar-refractivity contribution in [3.05, 3.63) is 38.6 Å². The molecule has 1 heterocycles. The zero-order valence-electron chi connectivity index (χ0n) is 11.0. The number of methoxy groups -OCH3 is 1. The lowest BCUT2D eigenvalue weighted by molar-refractivity contribution is -0.136. The van der Waals surface area contributed by atoms with E-state index in [1.807, 2.05) is 0 Å².